The lowest BCUT2D eigenvalue weighted by Crippen LogP contribution is -2.39. The molecule has 3 atom stereocenters. The third-order valence-corrected chi connectivity index (χ3v) is 4.99. The van der Waals surface area contributed by atoms with E-state index in [1.807, 2.05) is 0 Å². The molecule has 106 valence electrons. The molecule has 3 rings (SSSR count). The van der Waals surface area contributed by atoms with Gasteiger partial charge in [0, 0.05) is 43.0 Å². The van der Waals surface area contributed by atoms with Crippen LogP contribution in [0.1, 0.15) is 50.3 Å². The fraction of sp³-hybridized carbons (Fsp3) is 0.800. The van der Waals surface area contributed by atoms with Gasteiger partial charge >= 0.3 is 0 Å². The molecule has 0 saturated carbocycles. The van der Waals surface area contributed by atoms with Gasteiger partial charge in [-0.3, -0.25) is 0 Å². The predicted octanol–water partition coefficient (Wildman–Crippen LogP) is 2.01. The quantitative estimate of drug-likeness (QED) is 0.885. The molecular weight excluding hydrogens is 236 g/mol. The van der Waals surface area contributed by atoms with Crippen molar-refractivity contribution < 1.29 is 0 Å². The number of aromatic nitrogens is 2. The first kappa shape index (κ1) is 13.1. The van der Waals surface area contributed by atoms with Crippen LogP contribution in [0.3, 0.4) is 0 Å². The van der Waals surface area contributed by atoms with Crippen LogP contribution in [0.5, 0.6) is 0 Å². The first-order valence-corrected chi connectivity index (χ1v) is 7.68. The van der Waals surface area contributed by atoms with Gasteiger partial charge in [0.05, 0.1) is 6.33 Å². The Balaban J connectivity index is 1.76. The summed E-state index contributed by atoms with van der Waals surface area (Å²) in [5, 5.41) is 3.52. The van der Waals surface area contributed by atoms with Crippen LogP contribution in [0.15, 0.2) is 12.5 Å². The van der Waals surface area contributed by atoms with Crippen LogP contribution in [0, 0.1) is 0 Å². The maximum absolute atomic E-state index is 4.44. The van der Waals surface area contributed by atoms with Gasteiger partial charge in [0.15, 0.2) is 0 Å². The normalized spacial score (nSPS) is 33.5. The second-order valence-electron chi connectivity index (χ2n) is 6.28. The Hall–Kier alpha value is -0.870. The predicted molar refractivity (Wildman–Crippen MR) is 77.4 cm³/mol. The van der Waals surface area contributed by atoms with E-state index in [1.165, 1.54) is 44.5 Å². The highest BCUT2D eigenvalue weighted by molar-refractivity contribution is 5.10. The van der Waals surface area contributed by atoms with Crippen molar-refractivity contribution in [3.63, 3.8) is 0 Å². The van der Waals surface area contributed by atoms with E-state index in [0.717, 1.165) is 6.54 Å². The monoisotopic (exact) mass is 262 g/mol. The molecule has 1 N–H and O–H groups in total. The summed E-state index contributed by atoms with van der Waals surface area (Å²) in [5.41, 5.74) is 1.45. The van der Waals surface area contributed by atoms with E-state index in [1.54, 1.807) is 0 Å². The molecule has 1 aromatic rings. The molecule has 2 aliphatic rings. The fourth-order valence-corrected chi connectivity index (χ4v) is 3.56. The van der Waals surface area contributed by atoms with Gasteiger partial charge in [-0.15, -0.1) is 0 Å². The third kappa shape index (κ3) is 2.70. The first-order valence-electron chi connectivity index (χ1n) is 7.68. The molecule has 0 aromatic carbocycles. The molecule has 0 bridgehead atoms. The van der Waals surface area contributed by atoms with Gasteiger partial charge in [-0.2, -0.15) is 0 Å². The summed E-state index contributed by atoms with van der Waals surface area (Å²) in [4.78, 5) is 6.91. The van der Waals surface area contributed by atoms with Crippen molar-refractivity contribution in [2.45, 2.75) is 50.6 Å². The Morgan fingerprint density at radius 2 is 2.26 bits per heavy atom. The van der Waals surface area contributed by atoms with Crippen molar-refractivity contribution >= 4 is 0 Å². The van der Waals surface area contributed by atoms with Gasteiger partial charge in [0.25, 0.3) is 0 Å². The van der Waals surface area contributed by atoms with E-state index >= 15 is 0 Å². The summed E-state index contributed by atoms with van der Waals surface area (Å²) in [6, 6.07) is 1.32. The van der Waals surface area contributed by atoms with Crippen LogP contribution in [-0.2, 0) is 0 Å². The summed E-state index contributed by atoms with van der Waals surface area (Å²) in [6.45, 7) is 5.83. The van der Waals surface area contributed by atoms with Crippen LogP contribution in [0.25, 0.3) is 0 Å². The lowest BCUT2D eigenvalue weighted by Gasteiger charge is -2.37. The van der Waals surface area contributed by atoms with Crippen molar-refractivity contribution in [3.05, 3.63) is 18.2 Å². The summed E-state index contributed by atoms with van der Waals surface area (Å²) in [5.74, 6) is 0.659. The number of nitrogens with one attached hydrogen (secondary N) is 1. The van der Waals surface area contributed by atoms with Gasteiger partial charge in [-0.25, -0.2) is 4.98 Å². The molecule has 0 amide bonds. The largest absolute Gasteiger partial charge is 0.331 e. The topological polar surface area (TPSA) is 33.1 Å². The SMILES string of the molecule is CC1CC(n2cncc2C2CCCNC2)CCN1C. The number of likely N-dealkylation sites (tertiary alicyclic amines) is 1. The molecule has 0 aliphatic carbocycles. The fourth-order valence-electron chi connectivity index (χ4n) is 3.56. The zero-order chi connectivity index (χ0) is 13.2. The van der Waals surface area contributed by atoms with Crippen molar-refractivity contribution in [1.29, 1.82) is 0 Å². The average molecular weight is 262 g/mol. The highest BCUT2D eigenvalue weighted by Gasteiger charge is 2.27. The zero-order valence-corrected chi connectivity index (χ0v) is 12.2. The van der Waals surface area contributed by atoms with E-state index in [9.17, 15) is 0 Å². The van der Waals surface area contributed by atoms with E-state index < -0.39 is 0 Å². The zero-order valence-electron chi connectivity index (χ0n) is 12.2. The van der Waals surface area contributed by atoms with Crippen molar-refractivity contribution in [3.8, 4) is 0 Å². The van der Waals surface area contributed by atoms with Crippen LogP contribution in [-0.4, -0.2) is 47.2 Å². The van der Waals surface area contributed by atoms with Crippen LogP contribution >= 0.6 is 0 Å². The Bertz CT molecular complexity index is 408. The van der Waals surface area contributed by atoms with E-state index in [2.05, 4.69) is 46.3 Å². The Morgan fingerprint density at radius 3 is 3.00 bits per heavy atom. The maximum Gasteiger partial charge on any atom is 0.0950 e. The summed E-state index contributed by atoms with van der Waals surface area (Å²) >= 11 is 0. The molecule has 0 spiro atoms. The molecule has 0 radical (unpaired) electrons. The minimum Gasteiger partial charge on any atom is -0.331 e. The average Bonchev–Trinajstić information content (AvgIpc) is 2.92. The van der Waals surface area contributed by atoms with Crippen LogP contribution in [0.4, 0.5) is 0 Å². The minimum atomic E-state index is 0.644. The first-order chi connectivity index (χ1) is 9.25. The van der Waals surface area contributed by atoms with Crippen molar-refractivity contribution in [1.82, 2.24) is 19.8 Å². The molecule has 4 nitrogen and oxygen atoms in total. The smallest absolute Gasteiger partial charge is 0.0950 e. The Kier molecular flexibility index (Phi) is 3.89. The van der Waals surface area contributed by atoms with Crippen molar-refractivity contribution in [2.75, 3.05) is 26.7 Å². The molecule has 2 aliphatic heterocycles. The molecule has 3 heterocycles. The lowest BCUT2D eigenvalue weighted by molar-refractivity contribution is 0.154. The van der Waals surface area contributed by atoms with Crippen LogP contribution < -0.4 is 5.32 Å². The number of piperidine rings is 2. The summed E-state index contributed by atoms with van der Waals surface area (Å²) < 4.78 is 2.47. The van der Waals surface area contributed by atoms with E-state index in [0.29, 0.717) is 18.0 Å². The Morgan fingerprint density at radius 1 is 1.37 bits per heavy atom. The van der Waals surface area contributed by atoms with E-state index in [4.69, 9.17) is 0 Å². The molecule has 4 heteroatoms. The number of rotatable bonds is 2. The second kappa shape index (κ2) is 5.63. The van der Waals surface area contributed by atoms with Gasteiger partial charge in [-0.1, -0.05) is 0 Å². The number of hydrogen-bond donors (Lipinski definition) is 1. The van der Waals surface area contributed by atoms with Gasteiger partial charge in [0.1, 0.15) is 0 Å². The third-order valence-electron chi connectivity index (χ3n) is 4.99. The molecule has 19 heavy (non-hydrogen) atoms. The second-order valence-corrected chi connectivity index (χ2v) is 6.28. The highest BCUT2D eigenvalue weighted by Crippen LogP contribution is 2.31. The molecule has 2 saturated heterocycles. The molecule has 3 unspecified atom stereocenters. The van der Waals surface area contributed by atoms with E-state index in [-0.39, 0.29) is 0 Å². The number of hydrogen-bond acceptors (Lipinski definition) is 3. The van der Waals surface area contributed by atoms with Gasteiger partial charge in [-0.05, 0) is 46.2 Å². The summed E-state index contributed by atoms with van der Waals surface area (Å²) in [6.07, 6.45) is 9.26. The Labute approximate surface area is 116 Å². The molecule has 2 fully saturated rings. The molecule has 1 aromatic heterocycles. The van der Waals surface area contributed by atoms with Crippen molar-refractivity contribution in [2.24, 2.45) is 0 Å². The van der Waals surface area contributed by atoms with Gasteiger partial charge in [0.2, 0.25) is 0 Å². The number of nitrogens with zero attached hydrogens (tertiary/aromatic N) is 3. The molecular formula is C15H26N4. The maximum atomic E-state index is 4.44. The van der Waals surface area contributed by atoms with Crippen LogP contribution in [0.2, 0.25) is 0 Å². The lowest BCUT2D eigenvalue weighted by atomic mass is 9.94. The minimum absolute atomic E-state index is 0.644. The standard InChI is InChI=1S/C15H26N4/c1-12-8-14(5-7-18(12)2)19-11-17-10-15(19)13-4-3-6-16-9-13/h10-14,16H,3-9H2,1-2H3. The number of imidazole rings is 1. The van der Waals surface area contributed by atoms with Gasteiger partial charge < -0.3 is 14.8 Å². The highest BCUT2D eigenvalue weighted by atomic mass is 15.2. The summed E-state index contributed by atoms with van der Waals surface area (Å²) in [7, 11) is 2.24.